The summed E-state index contributed by atoms with van der Waals surface area (Å²) in [5.41, 5.74) is 0. The molecule has 0 aromatic carbocycles. The largest absolute Gasteiger partial charge is 0.301 e. The molecule has 1 aromatic heterocycles. The standard InChI is InChI=1S/C5H3Br3NO/c6-3-1-4(7)9(10)5(8)2-3/h1-2,10H/q+1. The molecule has 10 heavy (non-hydrogen) atoms. The molecule has 0 bridgehead atoms. The van der Waals surface area contributed by atoms with Crippen molar-refractivity contribution < 1.29 is 9.94 Å². The molecule has 1 heterocycles. The minimum atomic E-state index is 0.591. The van der Waals surface area contributed by atoms with E-state index >= 15 is 0 Å². The molecule has 0 atom stereocenters. The maximum atomic E-state index is 9.13. The molecule has 0 radical (unpaired) electrons. The summed E-state index contributed by atoms with van der Waals surface area (Å²) in [5, 5.41) is 9.13. The molecular weight excluding hydrogens is 330 g/mol. The van der Waals surface area contributed by atoms with Crippen molar-refractivity contribution in [1.29, 1.82) is 0 Å². The Hall–Kier alpha value is 0.390. The van der Waals surface area contributed by atoms with E-state index in [1.54, 1.807) is 12.1 Å². The van der Waals surface area contributed by atoms with Crippen LogP contribution in [0.4, 0.5) is 0 Å². The molecule has 0 aliphatic carbocycles. The first-order chi connectivity index (χ1) is 4.61. The van der Waals surface area contributed by atoms with E-state index in [-0.39, 0.29) is 0 Å². The van der Waals surface area contributed by atoms with Crippen molar-refractivity contribution in [2.24, 2.45) is 0 Å². The monoisotopic (exact) mass is 330 g/mol. The molecule has 0 unspecified atom stereocenters. The van der Waals surface area contributed by atoms with Gasteiger partial charge in [0.2, 0.25) is 0 Å². The minimum Gasteiger partial charge on any atom is -0.283 e. The normalized spacial score (nSPS) is 9.90. The van der Waals surface area contributed by atoms with Crippen LogP contribution in [-0.4, -0.2) is 5.21 Å². The summed E-state index contributed by atoms with van der Waals surface area (Å²) in [5.74, 6) is 0. The van der Waals surface area contributed by atoms with Crippen molar-refractivity contribution in [1.82, 2.24) is 0 Å². The Balaban J connectivity index is 3.31. The second-order valence-corrected chi connectivity index (χ2v) is 4.17. The zero-order chi connectivity index (χ0) is 7.72. The highest BCUT2D eigenvalue weighted by Crippen LogP contribution is 2.17. The number of hydrogen-bond acceptors (Lipinski definition) is 1. The van der Waals surface area contributed by atoms with Gasteiger partial charge in [-0.25, -0.2) is 0 Å². The van der Waals surface area contributed by atoms with Gasteiger partial charge >= 0.3 is 9.21 Å². The molecule has 0 saturated carbocycles. The van der Waals surface area contributed by atoms with Gasteiger partial charge in [0.25, 0.3) is 0 Å². The molecule has 1 aromatic rings. The van der Waals surface area contributed by atoms with E-state index in [1.165, 1.54) is 0 Å². The van der Waals surface area contributed by atoms with Gasteiger partial charge in [-0.2, -0.15) is 0 Å². The summed E-state index contributed by atoms with van der Waals surface area (Å²) in [6, 6.07) is 3.48. The van der Waals surface area contributed by atoms with Gasteiger partial charge in [0, 0.05) is 53.2 Å². The second-order valence-electron chi connectivity index (χ2n) is 1.63. The molecule has 1 rings (SSSR count). The maximum absolute atomic E-state index is 9.13. The summed E-state index contributed by atoms with van der Waals surface area (Å²) in [7, 11) is 0. The first kappa shape index (κ1) is 8.49. The zero-order valence-corrected chi connectivity index (χ0v) is 9.44. The fourth-order valence-corrected chi connectivity index (χ4v) is 2.65. The highest BCUT2D eigenvalue weighted by molar-refractivity contribution is 9.11. The number of nitrogens with zero attached hydrogens (tertiary/aromatic N) is 1. The Morgan fingerprint density at radius 3 is 1.90 bits per heavy atom. The van der Waals surface area contributed by atoms with Crippen molar-refractivity contribution >= 4 is 47.8 Å². The Kier molecular flexibility index (Phi) is 2.71. The van der Waals surface area contributed by atoms with E-state index in [4.69, 9.17) is 5.21 Å². The lowest BCUT2D eigenvalue weighted by atomic mass is 10.5. The van der Waals surface area contributed by atoms with Gasteiger partial charge in [-0.15, -0.1) is 0 Å². The van der Waals surface area contributed by atoms with E-state index in [1.807, 2.05) is 0 Å². The predicted octanol–water partition coefficient (Wildman–Crippen LogP) is 2.50. The van der Waals surface area contributed by atoms with Gasteiger partial charge in [0.05, 0.1) is 0 Å². The molecule has 1 N–H and O–H groups in total. The van der Waals surface area contributed by atoms with Crippen LogP contribution in [0.15, 0.2) is 25.8 Å². The van der Waals surface area contributed by atoms with Crippen LogP contribution in [-0.2, 0) is 0 Å². The minimum absolute atomic E-state index is 0.591. The van der Waals surface area contributed by atoms with Gasteiger partial charge < -0.3 is 0 Å². The lowest BCUT2D eigenvalue weighted by Crippen LogP contribution is -2.33. The van der Waals surface area contributed by atoms with E-state index < -0.39 is 0 Å². The molecular formula is C5H3Br3NO+. The van der Waals surface area contributed by atoms with Crippen LogP contribution in [0.2, 0.25) is 0 Å². The van der Waals surface area contributed by atoms with E-state index in [2.05, 4.69) is 47.8 Å². The van der Waals surface area contributed by atoms with Gasteiger partial charge in [0.1, 0.15) is 0 Å². The molecule has 2 nitrogen and oxygen atoms in total. The Morgan fingerprint density at radius 1 is 1.10 bits per heavy atom. The zero-order valence-electron chi connectivity index (χ0n) is 4.68. The summed E-state index contributed by atoms with van der Waals surface area (Å²) in [4.78, 5) is 0. The van der Waals surface area contributed by atoms with Crippen LogP contribution in [0.25, 0.3) is 0 Å². The van der Waals surface area contributed by atoms with Gasteiger partial charge in [0.15, 0.2) is 0 Å². The number of pyridine rings is 1. The summed E-state index contributed by atoms with van der Waals surface area (Å²) in [6.45, 7) is 0. The molecule has 0 fully saturated rings. The third-order valence-electron chi connectivity index (χ3n) is 0.919. The molecule has 0 saturated heterocycles. The molecule has 0 spiro atoms. The van der Waals surface area contributed by atoms with Gasteiger partial charge in [-0.3, -0.25) is 5.21 Å². The fourth-order valence-electron chi connectivity index (χ4n) is 0.494. The number of halogens is 3. The average molecular weight is 333 g/mol. The summed E-state index contributed by atoms with van der Waals surface area (Å²) in [6.07, 6.45) is 0. The Bertz CT molecular complexity index is 240. The molecule has 0 aliphatic rings. The van der Waals surface area contributed by atoms with Crippen LogP contribution in [0.5, 0.6) is 0 Å². The third-order valence-corrected chi connectivity index (χ3v) is 2.51. The Labute approximate surface area is 83.2 Å². The molecule has 0 amide bonds. The lowest BCUT2D eigenvalue weighted by Gasteiger charge is -1.90. The van der Waals surface area contributed by atoms with Crippen LogP contribution in [0.3, 0.4) is 0 Å². The third kappa shape index (κ3) is 1.71. The Morgan fingerprint density at radius 2 is 1.50 bits per heavy atom. The van der Waals surface area contributed by atoms with Crippen molar-refractivity contribution in [3.63, 3.8) is 0 Å². The first-order valence-electron chi connectivity index (χ1n) is 2.37. The highest BCUT2D eigenvalue weighted by Gasteiger charge is 2.12. The molecule has 0 aliphatic heterocycles. The smallest absolute Gasteiger partial charge is 0.283 e. The van der Waals surface area contributed by atoms with E-state index in [0.29, 0.717) is 9.21 Å². The maximum Gasteiger partial charge on any atom is 0.301 e. The predicted molar refractivity (Wildman–Crippen MR) is 46.9 cm³/mol. The number of aromatic nitrogens is 1. The topological polar surface area (TPSA) is 24.1 Å². The van der Waals surface area contributed by atoms with Crippen LogP contribution < -0.4 is 4.73 Å². The van der Waals surface area contributed by atoms with Gasteiger partial charge in [-0.1, -0.05) is 15.9 Å². The van der Waals surface area contributed by atoms with Crippen LogP contribution >= 0.6 is 47.8 Å². The first-order valence-corrected chi connectivity index (χ1v) is 4.75. The van der Waals surface area contributed by atoms with E-state index in [9.17, 15) is 0 Å². The second kappa shape index (κ2) is 3.19. The fraction of sp³-hybridized carbons (Fsp3) is 0. The quantitative estimate of drug-likeness (QED) is 0.440. The number of hydrogen-bond donors (Lipinski definition) is 1. The molecule has 5 heteroatoms. The van der Waals surface area contributed by atoms with Crippen LogP contribution in [0.1, 0.15) is 0 Å². The molecule has 54 valence electrons. The average Bonchev–Trinajstić information content (AvgIpc) is 1.82. The van der Waals surface area contributed by atoms with Crippen molar-refractivity contribution in [2.45, 2.75) is 0 Å². The van der Waals surface area contributed by atoms with Crippen molar-refractivity contribution in [3.05, 3.63) is 25.8 Å². The SMILES string of the molecule is O[n+]1c(Br)cc(Br)cc1Br. The summed E-state index contributed by atoms with van der Waals surface area (Å²) >= 11 is 9.56. The number of rotatable bonds is 0. The van der Waals surface area contributed by atoms with Crippen molar-refractivity contribution in [3.8, 4) is 0 Å². The van der Waals surface area contributed by atoms with Crippen molar-refractivity contribution in [2.75, 3.05) is 0 Å². The lowest BCUT2D eigenvalue weighted by molar-refractivity contribution is -0.921. The highest BCUT2D eigenvalue weighted by atomic mass is 79.9. The summed E-state index contributed by atoms with van der Waals surface area (Å²) < 4.78 is 3.07. The van der Waals surface area contributed by atoms with E-state index in [0.717, 1.165) is 9.20 Å². The van der Waals surface area contributed by atoms with Crippen LogP contribution in [0, 0.1) is 0 Å². The van der Waals surface area contributed by atoms with Gasteiger partial charge in [-0.05, 0) is 0 Å².